The second kappa shape index (κ2) is 8.35. The molecule has 148 valence electrons. The van der Waals surface area contributed by atoms with Crippen LogP contribution in [0.5, 0.6) is 5.75 Å². The SMILES string of the molecule is CCOc1ccccc1CN(C(=O)c1cccc(-c2cccc(N)n2)c1)C1CC1. The molecular formula is C24H25N3O2. The van der Waals surface area contributed by atoms with Crippen LogP contribution in [0.1, 0.15) is 35.7 Å². The second-order valence-corrected chi connectivity index (χ2v) is 7.23. The molecule has 0 saturated heterocycles. The number of nitrogens with two attached hydrogens (primary N) is 1. The summed E-state index contributed by atoms with van der Waals surface area (Å²) in [5.74, 6) is 1.34. The lowest BCUT2D eigenvalue weighted by atomic mass is 10.1. The van der Waals surface area contributed by atoms with Crippen LogP contribution in [0.3, 0.4) is 0 Å². The van der Waals surface area contributed by atoms with Crippen molar-refractivity contribution in [2.75, 3.05) is 12.3 Å². The van der Waals surface area contributed by atoms with E-state index in [0.717, 1.165) is 35.4 Å². The van der Waals surface area contributed by atoms with Crippen LogP contribution in [0.25, 0.3) is 11.3 Å². The lowest BCUT2D eigenvalue weighted by molar-refractivity contribution is 0.0728. The highest BCUT2D eigenvalue weighted by Gasteiger charge is 2.33. The van der Waals surface area contributed by atoms with Crippen LogP contribution in [0.4, 0.5) is 5.82 Å². The zero-order chi connectivity index (χ0) is 20.2. The van der Waals surface area contributed by atoms with E-state index in [0.29, 0.717) is 24.5 Å². The van der Waals surface area contributed by atoms with Crippen molar-refractivity contribution < 1.29 is 9.53 Å². The van der Waals surface area contributed by atoms with Crippen molar-refractivity contribution in [3.8, 4) is 17.0 Å². The Kier molecular flexibility index (Phi) is 5.47. The number of carbonyl (C=O) groups excluding carboxylic acids is 1. The van der Waals surface area contributed by atoms with E-state index in [1.807, 2.05) is 72.5 Å². The molecule has 1 heterocycles. The third-order valence-electron chi connectivity index (χ3n) is 5.04. The molecule has 2 aromatic carbocycles. The molecule has 0 unspecified atom stereocenters. The second-order valence-electron chi connectivity index (χ2n) is 7.23. The predicted molar refractivity (Wildman–Crippen MR) is 115 cm³/mol. The number of hydrogen-bond acceptors (Lipinski definition) is 4. The number of benzene rings is 2. The van der Waals surface area contributed by atoms with Gasteiger partial charge in [0, 0.05) is 29.3 Å². The van der Waals surface area contributed by atoms with Crippen molar-refractivity contribution in [3.05, 3.63) is 77.9 Å². The molecule has 0 aliphatic heterocycles. The van der Waals surface area contributed by atoms with E-state index < -0.39 is 0 Å². The van der Waals surface area contributed by atoms with E-state index in [9.17, 15) is 4.79 Å². The van der Waals surface area contributed by atoms with Crippen LogP contribution in [0.15, 0.2) is 66.7 Å². The van der Waals surface area contributed by atoms with E-state index in [1.165, 1.54) is 0 Å². The molecule has 5 heteroatoms. The number of carbonyl (C=O) groups is 1. The summed E-state index contributed by atoms with van der Waals surface area (Å²) in [4.78, 5) is 19.7. The van der Waals surface area contributed by atoms with Crippen LogP contribution in [-0.2, 0) is 6.54 Å². The number of anilines is 1. The Morgan fingerprint density at radius 2 is 1.90 bits per heavy atom. The minimum Gasteiger partial charge on any atom is -0.494 e. The molecule has 1 aromatic heterocycles. The smallest absolute Gasteiger partial charge is 0.254 e. The molecule has 2 N–H and O–H groups in total. The van der Waals surface area contributed by atoms with Gasteiger partial charge in [-0.25, -0.2) is 4.98 Å². The topological polar surface area (TPSA) is 68.5 Å². The first-order chi connectivity index (χ1) is 14.2. The third-order valence-corrected chi connectivity index (χ3v) is 5.04. The number of amides is 1. The summed E-state index contributed by atoms with van der Waals surface area (Å²) in [5.41, 5.74) is 9.15. The van der Waals surface area contributed by atoms with Gasteiger partial charge >= 0.3 is 0 Å². The average Bonchev–Trinajstić information content (AvgIpc) is 3.58. The zero-order valence-electron chi connectivity index (χ0n) is 16.5. The number of pyridine rings is 1. The molecule has 1 amide bonds. The standard InChI is InChI=1S/C24H25N3O2/c1-2-29-22-11-4-3-7-19(22)16-27(20-13-14-20)24(28)18-9-5-8-17(15-18)21-10-6-12-23(25)26-21/h3-12,15,20H,2,13-14,16H2,1H3,(H2,25,26). The van der Waals surface area contributed by atoms with Crippen LogP contribution in [0, 0.1) is 0 Å². The number of ether oxygens (including phenoxy) is 1. The number of para-hydroxylation sites is 1. The fraction of sp³-hybridized carbons (Fsp3) is 0.250. The Balaban J connectivity index is 1.61. The lowest BCUT2D eigenvalue weighted by Gasteiger charge is -2.24. The van der Waals surface area contributed by atoms with Gasteiger partial charge in [-0.05, 0) is 50.1 Å². The summed E-state index contributed by atoms with van der Waals surface area (Å²) >= 11 is 0. The number of aromatic nitrogens is 1. The number of rotatable bonds is 7. The Morgan fingerprint density at radius 1 is 1.10 bits per heavy atom. The molecule has 29 heavy (non-hydrogen) atoms. The summed E-state index contributed by atoms with van der Waals surface area (Å²) in [7, 11) is 0. The van der Waals surface area contributed by atoms with Crippen molar-refractivity contribution in [3.63, 3.8) is 0 Å². The van der Waals surface area contributed by atoms with E-state index in [2.05, 4.69) is 4.98 Å². The largest absolute Gasteiger partial charge is 0.494 e. The number of nitrogens with zero attached hydrogens (tertiary/aromatic N) is 2. The number of nitrogen functional groups attached to an aromatic ring is 1. The summed E-state index contributed by atoms with van der Waals surface area (Å²) in [6.07, 6.45) is 2.08. The normalized spacial score (nSPS) is 13.1. The van der Waals surface area contributed by atoms with E-state index in [4.69, 9.17) is 10.5 Å². The van der Waals surface area contributed by atoms with Crippen LogP contribution >= 0.6 is 0 Å². The maximum Gasteiger partial charge on any atom is 0.254 e. The highest BCUT2D eigenvalue weighted by Crippen LogP contribution is 2.32. The first kappa shape index (κ1) is 19.0. The molecule has 0 spiro atoms. The van der Waals surface area contributed by atoms with Gasteiger partial charge in [0.05, 0.1) is 12.3 Å². The quantitative estimate of drug-likeness (QED) is 0.646. The first-order valence-electron chi connectivity index (χ1n) is 10.0. The van der Waals surface area contributed by atoms with Crippen molar-refractivity contribution >= 4 is 11.7 Å². The molecule has 1 fully saturated rings. The third kappa shape index (κ3) is 4.40. The maximum absolute atomic E-state index is 13.4. The highest BCUT2D eigenvalue weighted by molar-refractivity contribution is 5.95. The van der Waals surface area contributed by atoms with Gasteiger partial charge in [-0.3, -0.25) is 4.79 Å². The molecular weight excluding hydrogens is 362 g/mol. The molecule has 1 saturated carbocycles. The Hall–Kier alpha value is -3.34. The van der Waals surface area contributed by atoms with Crippen LogP contribution in [-0.4, -0.2) is 28.4 Å². The Morgan fingerprint density at radius 3 is 2.66 bits per heavy atom. The Bertz CT molecular complexity index is 1010. The molecule has 1 aliphatic carbocycles. The lowest BCUT2D eigenvalue weighted by Crippen LogP contribution is -2.32. The van der Waals surface area contributed by atoms with Gasteiger partial charge in [0.1, 0.15) is 11.6 Å². The molecule has 4 rings (SSSR count). The fourth-order valence-corrected chi connectivity index (χ4v) is 3.46. The average molecular weight is 387 g/mol. The van der Waals surface area contributed by atoms with Gasteiger partial charge in [0.15, 0.2) is 0 Å². The number of hydrogen-bond donors (Lipinski definition) is 1. The summed E-state index contributed by atoms with van der Waals surface area (Å²) in [6, 6.07) is 21.3. The Labute approximate surface area is 171 Å². The summed E-state index contributed by atoms with van der Waals surface area (Å²) in [6.45, 7) is 3.11. The van der Waals surface area contributed by atoms with Crippen LogP contribution in [0.2, 0.25) is 0 Å². The van der Waals surface area contributed by atoms with Crippen molar-refractivity contribution in [1.29, 1.82) is 0 Å². The molecule has 0 radical (unpaired) electrons. The summed E-state index contributed by atoms with van der Waals surface area (Å²) < 4.78 is 5.75. The maximum atomic E-state index is 13.4. The molecule has 1 aliphatic rings. The monoisotopic (exact) mass is 387 g/mol. The van der Waals surface area contributed by atoms with Crippen molar-refractivity contribution in [1.82, 2.24) is 9.88 Å². The van der Waals surface area contributed by atoms with E-state index in [1.54, 1.807) is 6.07 Å². The van der Waals surface area contributed by atoms with Gasteiger partial charge in [-0.2, -0.15) is 0 Å². The van der Waals surface area contributed by atoms with Crippen LogP contribution < -0.4 is 10.5 Å². The molecule has 5 nitrogen and oxygen atoms in total. The van der Waals surface area contributed by atoms with Crippen molar-refractivity contribution in [2.45, 2.75) is 32.4 Å². The molecule has 0 atom stereocenters. The van der Waals surface area contributed by atoms with E-state index >= 15 is 0 Å². The van der Waals surface area contributed by atoms with Gasteiger partial charge in [0.2, 0.25) is 0 Å². The molecule has 0 bridgehead atoms. The van der Waals surface area contributed by atoms with Crippen molar-refractivity contribution in [2.24, 2.45) is 0 Å². The summed E-state index contributed by atoms with van der Waals surface area (Å²) in [5, 5.41) is 0. The van der Waals surface area contributed by atoms with Gasteiger partial charge in [0.25, 0.3) is 5.91 Å². The molecule has 3 aromatic rings. The van der Waals surface area contributed by atoms with Gasteiger partial charge in [-0.15, -0.1) is 0 Å². The first-order valence-corrected chi connectivity index (χ1v) is 10.0. The fourth-order valence-electron chi connectivity index (χ4n) is 3.46. The minimum absolute atomic E-state index is 0.0320. The predicted octanol–water partition coefficient (Wildman–Crippen LogP) is 4.53. The van der Waals surface area contributed by atoms with Gasteiger partial charge in [-0.1, -0.05) is 36.4 Å². The van der Waals surface area contributed by atoms with Gasteiger partial charge < -0.3 is 15.4 Å². The highest BCUT2D eigenvalue weighted by atomic mass is 16.5. The zero-order valence-corrected chi connectivity index (χ0v) is 16.5. The minimum atomic E-state index is 0.0320. The van der Waals surface area contributed by atoms with E-state index in [-0.39, 0.29) is 11.9 Å².